The molecule has 0 saturated carbocycles. The molecule has 0 saturated heterocycles. The quantitative estimate of drug-likeness (QED) is 0.431. The van der Waals surface area contributed by atoms with Crippen molar-refractivity contribution < 1.29 is 17.6 Å². The molecular weight excluding hydrogens is 358 g/mol. The van der Waals surface area contributed by atoms with Crippen LogP contribution in [-0.2, 0) is 6.18 Å². The molecule has 0 aliphatic carbocycles. The van der Waals surface area contributed by atoms with Gasteiger partial charge < -0.3 is 0 Å². The van der Waals surface area contributed by atoms with Gasteiger partial charge in [-0.3, -0.25) is 0 Å². The molecule has 132 valence electrons. The van der Waals surface area contributed by atoms with Crippen LogP contribution in [0.15, 0.2) is 24.3 Å². The predicted molar refractivity (Wildman–Crippen MR) is 87.2 cm³/mol. The van der Waals surface area contributed by atoms with Crippen molar-refractivity contribution in [2.75, 3.05) is 0 Å². The summed E-state index contributed by atoms with van der Waals surface area (Å²) in [6.07, 6.45) is -4.60. The summed E-state index contributed by atoms with van der Waals surface area (Å²) in [6, 6.07) is 3.83. The molecule has 0 bridgehead atoms. The van der Waals surface area contributed by atoms with Crippen LogP contribution in [0.2, 0.25) is 5.15 Å². The second kappa shape index (κ2) is 5.98. The molecule has 0 aliphatic rings. The van der Waals surface area contributed by atoms with E-state index in [-0.39, 0.29) is 17.2 Å². The zero-order chi connectivity index (χ0) is 18.5. The zero-order valence-electron chi connectivity index (χ0n) is 13.6. The maximum atomic E-state index is 14.2. The number of hydrogen-bond acceptors (Lipinski definition) is 2. The van der Waals surface area contributed by atoms with Gasteiger partial charge >= 0.3 is 6.18 Å². The van der Waals surface area contributed by atoms with Crippen molar-refractivity contribution >= 4 is 17.2 Å². The minimum absolute atomic E-state index is 0.0432. The third kappa shape index (κ3) is 3.08. The van der Waals surface area contributed by atoms with Crippen LogP contribution in [0.25, 0.3) is 16.9 Å². The lowest BCUT2D eigenvalue weighted by Crippen LogP contribution is -2.05. The van der Waals surface area contributed by atoms with Crippen LogP contribution in [0.5, 0.6) is 0 Å². The van der Waals surface area contributed by atoms with Gasteiger partial charge in [-0.15, -0.1) is 0 Å². The summed E-state index contributed by atoms with van der Waals surface area (Å²) in [5, 5.41) is 4.58. The number of aryl methyl sites for hydroxylation is 1. The highest BCUT2D eigenvalue weighted by atomic mass is 35.5. The van der Waals surface area contributed by atoms with Gasteiger partial charge in [0.15, 0.2) is 5.65 Å². The normalized spacial score (nSPS) is 12.4. The third-order valence-corrected chi connectivity index (χ3v) is 4.28. The Bertz CT molecular complexity index is 961. The molecule has 3 nitrogen and oxygen atoms in total. The molecular formula is C17H14ClF4N3. The molecule has 0 radical (unpaired) electrons. The Morgan fingerprint density at radius 2 is 1.84 bits per heavy atom. The zero-order valence-corrected chi connectivity index (χ0v) is 14.4. The SMILES string of the molecule is Cc1nc2cc(-c3ccc(C(F)(F)F)cc3F)nn2c(Cl)c1C(C)C. The van der Waals surface area contributed by atoms with E-state index in [4.69, 9.17) is 11.6 Å². The third-order valence-electron chi connectivity index (χ3n) is 3.92. The molecule has 0 atom stereocenters. The van der Waals surface area contributed by atoms with E-state index in [1.807, 2.05) is 20.8 Å². The van der Waals surface area contributed by atoms with Crippen LogP contribution in [-0.4, -0.2) is 14.6 Å². The van der Waals surface area contributed by atoms with E-state index in [9.17, 15) is 17.6 Å². The fourth-order valence-corrected chi connectivity index (χ4v) is 3.26. The molecule has 3 rings (SSSR count). The highest BCUT2D eigenvalue weighted by Crippen LogP contribution is 2.33. The van der Waals surface area contributed by atoms with E-state index in [2.05, 4.69) is 10.1 Å². The van der Waals surface area contributed by atoms with Gasteiger partial charge in [0.1, 0.15) is 11.0 Å². The molecule has 1 aromatic carbocycles. The molecule has 0 fully saturated rings. The van der Waals surface area contributed by atoms with Crippen LogP contribution in [0, 0.1) is 12.7 Å². The van der Waals surface area contributed by atoms with Crippen molar-refractivity contribution in [1.29, 1.82) is 0 Å². The first kappa shape index (κ1) is 17.7. The molecule has 0 aliphatic heterocycles. The van der Waals surface area contributed by atoms with Crippen molar-refractivity contribution in [3.8, 4) is 11.3 Å². The van der Waals surface area contributed by atoms with Crippen LogP contribution in [0.4, 0.5) is 17.6 Å². The first-order valence-corrected chi connectivity index (χ1v) is 7.90. The van der Waals surface area contributed by atoms with Gasteiger partial charge in [0, 0.05) is 22.9 Å². The van der Waals surface area contributed by atoms with Crippen LogP contribution in [0.3, 0.4) is 0 Å². The molecule has 0 N–H and O–H groups in total. The average Bonchev–Trinajstić information content (AvgIpc) is 2.89. The predicted octanol–water partition coefficient (Wildman–Crippen LogP) is 5.64. The Hall–Kier alpha value is -2.15. The van der Waals surface area contributed by atoms with E-state index in [0.29, 0.717) is 16.9 Å². The lowest BCUT2D eigenvalue weighted by atomic mass is 10.0. The summed E-state index contributed by atoms with van der Waals surface area (Å²) >= 11 is 6.39. The molecule has 25 heavy (non-hydrogen) atoms. The van der Waals surface area contributed by atoms with Gasteiger partial charge in [0.25, 0.3) is 0 Å². The number of nitrogens with zero attached hydrogens (tertiary/aromatic N) is 3. The Labute approximate surface area is 146 Å². The fraction of sp³-hybridized carbons (Fsp3) is 0.294. The maximum absolute atomic E-state index is 14.2. The van der Waals surface area contributed by atoms with Gasteiger partial charge in [-0.25, -0.2) is 13.9 Å². The summed E-state index contributed by atoms with van der Waals surface area (Å²) in [6.45, 7) is 5.73. The molecule has 2 aromatic heterocycles. The van der Waals surface area contributed by atoms with E-state index >= 15 is 0 Å². The summed E-state index contributed by atoms with van der Waals surface area (Å²) in [5.74, 6) is -0.894. The Morgan fingerprint density at radius 1 is 1.16 bits per heavy atom. The average molecular weight is 372 g/mol. The number of rotatable bonds is 2. The van der Waals surface area contributed by atoms with Crippen molar-refractivity contribution in [1.82, 2.24) is 14.6 Å². The highest BCUT2D eigenvalue weighted by molar-refractivity contribution is 6.30. The van der Waals surface area contributed by atoms with Crippen LogP contribution in [0.1, 0.15) is 36.6 Å². The topological polar surface area (TPSA) is 30.2 Å². The molecule has 2 heterocycles. The van der Waals surface area contributed by atoms with Crippen molar-refractivity contribution in [2.24, 2.45) is 0 Å². The molecule has 8 heteroatoms. The lowest BCUT2D eigenvalue weighted by Gasteiger charge is -2.11. The second-order valence-electron chi connectivity index (χ2n) is 6.05. The van der Waals surface area contributed by atoms with Gasteiger partial charge in [-0.1, -0.05) is 25.4 Å². The summed E-state index contributed by atoms with van der Waals surface area (Å²) in [7, 11) is 0. The number of halogens is 5. The maximum Gasteiger partial charge on any atom is 0.416 e. The Balaban J connectivity index is 2.16. The minimum Gasteiger partial charge on any atom is -0.233 e. The second-order valence-corrected chi connectivity index (χ2v) is 6.41. The van der Waals surface area contributed by atoms with Gasteiger partial charge in [0.2, 0.25) is 0 Å². The molecule has 3 aromatic rings. The molecule has 0 spiro atoms. The summed E-state index contributed by atoms with van der Waals surface area (Å²) in [4.78, 5) is 4.40. The van der Waals surface area contributed by atoms with Gasteiger partial charge in [-0.05, 0) is 31.0 Å². The fourth-order valence-electron chi connectivity index (χ4n) is 2.78. The minimum atomic E-state index is -4.60. The van der Waals surface area contributed by atoms with Crippen LogP contribution < -0.4 is 0 Å². The Kier molecular flexibility index (Phi) is 4.23. The monoisotopic (exact) mass is 371 g/mol. The van der Waals surface area contributed by atoms with Crippen molar-refractivity contribution in [3.05, 3.63) is 52.1 Å². The number of fused-ring (bicyclic) bond motifs is 1. The largest absolute Gasteiger partial charge is 0.416 e. The smallest absolute Gasteiger partial charge is 0.233 e. The van der Waals surface area contributed by atoms with Crippen molar-refractivity contribution in [3.63, 3.8) is 0 Å². The van der Waals surface area contributed by atoms with E-state index in [1.165, 1.54) is 10.6 Å². The number of aromatic nitrogens is 3. The standard InChI is InChI=1S/C17H14ClF4N3/c1-8(2)15-9(3)23-14-7-13(24-25(14)16(15)18)11-5-4-10(6-12(11)19)17(20,21)22/h4-8H,1-3H3. The van der Waals surface area contributed by atoms with Gasteiger partial charge in [0.05, 0.1) is 11.3 Å². The molecule has 0 amide bonds. The molecule has 0 unspecified atom stereocenters. The Morgan fingerprint density at radius 3 is 2.40 bits per heavy atom. The first-order valence-electron chi connectivity index (χ1n) is 7.52. The van der Waals surface area contributed by atoms with E-state index in [1.54, 1.807) is 0 Å². The highest BCUT2D eigenvalue weighted by Gasteiger charge is 2.31. The van der Waals surface area contributed by atoms with Crippen LogP contribution >= 0.6 is 11.6 Å². The number of hydrogen-bond donors (Lipinski definition) is 0. The van der Waals surface area contributed by atoms with E-state index in [0.717, 1.165) is 23.4 Å². The van der Waals surface area contributed by atoms with E-state index < -0.39 is 17.6 Å². The number of benzene rings is 1. The lowest BCUT2D eigenvalue weighted by molar-refractivity contribution is -0.137. The summed E-state index contributed by atoms with van der Waals surface area (Å²) < 4.78 is 53.6. The summed E-state index contributed by atoms with van der Waals surface area (Å²) in [5.41, 5.74) is 1.02. The first-order chi connectivity index (χ1) is 11.6. The van der Waals surface area contributed by atoms with Gasteiger partial charge in [-0.2, -0.15) is 18.3 Å². The number of alkyl halides is 3. The van der Waals surface area contributed by atoms with Crippen molar-refractivity contribution in [2.45, 2.75) is 32.9 Å².